The van der Waals surface area contributed by atoms with Crippen LogP contribution in [0.4, 0.5) is 0 Å². The summed E-state index contributed by atoms with van der Waals surface area (Å²) in [5.41, 5.74) is -0.351. The van der Waals surface area contributed by atoms with Gasteiger partial charge in [-0.2, -0.15) is 5.26 Å². The Morgan fingerprint density at radius 1 is 1.28 bits per heavy atom. The molecule has 0 spiro atoms. The van der Waals surface area contributed by atoms with Crippen molar-refractivity contribution in [2.45, 2.75) is 44.2 Å². The van der Waals surface area contributed by atoms with E-state index in [0.717, 1.165) is 25.4 Å². The summed E-state index contributed by atoms with van der Waals surface area (Å²) in [6.45, 7) is 8.02. The first-order chi connectivity index (χ1) is 8.67. The third-order valence-corrected chi connectivity index (χ3v) is 4.42. The third kappa shape index (κ3) is 3.68. The molecule has 1 aliphatic heterocycles. The van der Waals surface area contributed by atoms with Gasteiger partial charge in [-0.1, -0.05) is 0 Å². The van der Waals surface area contributed by atoms with Crippen LogP contribution in [0.15, 0.2) is 0 Å². The Bertz CT molecular complexity index is 299. The summed E-state index contributed by atoms with van der Waals surface area (Å²) >= 11 is 0. The maximum Gasteiger partial charge on any atom is 0.103 e. The van der Waals surface area contributed by atoms with Crippen LogP contribution in [0.1, 0.15) is 32.6 Å². The topological polar surface area (TPSA) is 42.3 Å². The van der Waals surface area contributed by atoms with E-state index in [-0.39, 0.29) is 5.54 Å². The molecular weight excluding hydrogens is 224 g/mol. The van der Waals surface area contributed by atoms with Crippen LogP contribution in [0.2, 0.25) is 0 Å². The second kappa shape index (κ2) is 6.01. The van der Waals surface area contributed by atoms with E-state index in [1.807, 2.05) is 14.0 Å². The summed E-state index contributed by atoms with van der Waals surface area (Å²) in [7, 11) is 1.87. The number of nitrogens with one attached hydrogen (secondary N) is 1. The molecule has 2 aliphatic rings. The molecule has 1 N–H and O–H groups in total. The smallest absolute Gasteiger partial charge is 0.103 e. The quantitative estimate of drug-likeness (QED) is 0.765. The molecule has 2 fully saturated rings. The van der Waals surface area contributed by atoms with Gasteiger partial charge in [-0.25, -0.2) is 0 Å². The Kier molecular flexibility index (Phi) is 4.60. The van der Waals surface area contributed by atoms with Gasteiger partial charge in [-0.15, -0.1) is 0 Å². The maximum atomic E-state index is 9.09. The first kappa shape index (κ1) is 13.8. The molecule has 1 atom stereocenters. The number of nitriles is 1. The van der Waals surface area contributed by atoms with Gasteiger partial charge in [0, 0.05) is 32.2 Å². The number of hydrogen-bond acceptors (Lipinski definition) is 4. The molecule has 0 radical (unpaired) electrons. The molecule has 0 aromatic rings. The number of piperazine rings is 1. The van der Waals surface area contributed by atoms with Crippen LogP contribution in [-0.4, -0.2) is 61.2 Å². The molecule has 18 heavy (non-hydrogen) atoms. The van der Waals surface area contributed by atoms with E-state index in [0.29, 0.717) is 0 Å². The molecule has 0 aromatic carbocycles. The SMILES string of the molecule is CNC(C)(C#N)CCCN1CCN(C2CC2)CC1. The predicted octanol–water partition coefficient (Wildman–Crippen LogP) is 1.05. The van der Waals surface area contributed by atoms with Gasteiger partial charge in [-0.3, -0.25) is 4.90 Å². The average Bonchev–Trinajstić information content (AvgIpc) is 3.24. The highest BCUT2D eigenvalue weighted by Crippen LogP contribution is 2.27. The van der Waals surface area contributed by atoms with Gasteiger partial charge in [0.15, 0.2) is 0 Å². The second-order valence-corrected chi connectivity index (χ2v) is 5.91. The molecule has 0 aromatic heterocycles. The molecule has 2 rings (SSSR count). The molecule has 1 heterocycles. The third-order valence-electron chi connectivity index (χ3n) is 4.42. The molecule has 1 saturated carbocycles. The highest BCUT2D eigenvalue weighted by Gasteiger charge is 2.31. The molecule has 4 nitrogen and oxygen atoms in total. The molecular formula is C14H26N4. The van der Waals surface area contributed by atoms with Gasteiger partial charge in [0.25, 0.3) is 0 Å². The van der Waals surface area contributed by atoms with Crippen molar-refractivity contribution in [1.29, 1.82) is 5.26 Å². The molecule has 102 valence electrons. The lowest BCUT2D eigenvalue weighted by Gasteiger charge is -2.35. The minimum Gasteiger partial charge on any atom is -0.303 e. The van der Waals surface area contributed by atoms with E-state index in [1.165, 1.54) is 39.0 Å². The zero-order valence-corrected chi connectivity index (χ0v) is 11.8. The number of rotatable bonds is 6. The van der Waals surface area contributed by atoms with Gasteiger partial charge in [-0.05, 0) is 46.2 Å². The fourth-order valence-electron chi connectivity index (χ4n) is 2.68. The van der Waals surface area contributed by atoms with E-state index in [9.17, 15) is 0 Å². The number of nitrogens with zero attached hydrogens (tertiary/aromatic N) is 3. The Morgan fingerprint density at radius 3 is 2.44 bits per heavy atom. The van der Waals surface area contributed by atoms with Gasteiger partial charge < -0.3 is 10.2 Å². The first-order valence-electron chi connectivity index (χ1n) is 7.23. The minimum atomic E-state index is -0.351. The average molecular weight is 250 g/mol. The normalized spacial score (nSPS) is 25.6. The zero-order chi connectivity index (χ0) is 13.0. The standard InChI is InChI=1S/C14H26N4/c1-14(12-15,16-2)6-3-7-17-8-10-18(11-9-17)13-4-5-13/h13,16H,3-11H2,1-2H3. The Morgan fingerprint density at radius 2 is 1.94 bits per heavy atom. The summed E-state index contributed by atoms with van der Waals surface area (Å²) in [6.07, 6.45) is 4.88. The van der Waals surface area contributed by atoms with E-state index < -0.39 is 0 Å². The summed E-state index contributed by atoms with van der Waals surface area (Å²) in [5.74, 6) is 0. The summed E-state index contributed by atoms with van der Waals surface area (Å²) < 4.78 is 0. The van der Waals surface area contributed by atoms with Gasteiger partial charge in [0.1, 0.15) is 5.54 Å². The summed E-state index contributed by atoms with van der Waals surface area (Å²) in [4.78, 5) is 5.19. The van der Waals surface area contributed by atoms with Crippen LogP contribution < -0.4 is 5.32 Å². The monoisotopic (exact) mass is 250 g/mol. The first-order valence-corrected chi connectivity index (χ1v) is 7.23. The fraction of sp³-hybridized carbons (Fsp3) is 0.929. The van der Waals surface area contributed by atoms with E-state index in [2.05, 4.69) is 21.2 Å². The Hall–Kier alpha value is -0.630. The lowest BCUT2D eigenvalue weighted by molar-refractivity contribution is 0.123. The van der Waals surface area contributed by atoms with Crippen LogP contribution in [0.25, 0.3) is 0 Å². The van der Waals surface area contributed by atoms with E-state index >= 15 is 0 Å². The molecule has 1 aliphatic carbocycles. The lowest BCUT2D eigenvalue weighted by Crippen LogP contribution is -2.47. The van der Waals surface area contributed by atoms with E-state index in [4.69, 9.17) is 5.26 Å². The zero-order valence-electron chi connectivity index (χ0n) is 11.8. The van der Waals surface area contributed by atoms with Crippen molar-refractivity contribution >= 4 is 0 Å². The molecule has 1 saturated heterocycles. The predicted molar refractivity (Wildman–Crippen MR) is 73.3 cm³/mol. The van der Waals surface area contributed by atoms with Crippen LogP contribution in [0.3, 0.4) is 0 Å². The van der Waals surface area contributed by atoms with Crippen molar-refractivity contribution < 1.29 is 0 Å². The van der Waals surface area contributed by atoms with E-state index in [1.54, 1.807) is 0 Å². The fourth-order valence-corrected chi connectivity index (χ4v) is 2.68. The lowest BCUT2D eigenvalue weighted by atomic mass is 9.98. The van der Waals surface area contributed by atoms with Crippen LogP contribution in [0, 0.1) is 11.3 Å². The Balaban J connectivity index is 1.61. The number of hydrogen-bond donors (Lipinski definition) is 1. The van der Waals surface area contributed by atoms with Crippen molar-refractivity contribution in [3.63, 3.8) is 0 Å². The summed E-state index contributed by atoms with van der Waals surface area (Å²) in [5, 5.41) is 12.2. The molecule has 4 heteroatoms. The van der Waals surface area contributed by atoms with Gasteiger partial charge in [0.2, 0.25) is 0 Å². The second-order valence-electron chi connectivity index (χ2n) is 5.91. The van der Waals surface area contributed by atoms with Crippen LogP contribution >= 0.6 is 0 Å². The van der Waals surface area contributed by atoms with Crippen LogP contribution in [-0.2, 0) is 0 Å². The maximum absolute atomic E-state index is 9.09. The molecule has 0 bridgehead atoms. The van der Waals surface area contributed by atoms with Crippen molar-refractivity contribution in [3.05, 3.63) is 0 Å². The largest absolute Gasteiger partial charge is 0.303 e. The van der Waals surface area contributed by atoms with Crippen LogP contribution in [0.5, 0.6) is 0 Å². The molecule has 1 unspecified atom stereocenters. The highest BCUT2D eigenvalue weighted by molar-refractivity contribution is 5.02. The van der Waals surface area contributed by atoms with Crippen molar-refractivity contribution in [1.82, 2.24) is 15.1 Å². The Labute approximate surface area is 111 Å². The van der Waals surface area contributed by atoms with Gasteiger partial charge in [0.05, 0.1) is 6.07 Å². The van der Waals surface area contributed by atoms with Gasteiger partial charge >= 0.3 is 0 Å². The van der Waals surface area contributed by atoms with Crippen molar-refractivity contribution in [2.75, 3.05) is 39.8 Å². The highest BCUT2D eigenvalue weighted by atomic mass is 15.3. The van der Waals surface area contributed by atoms with Crippen molar-refractivity contribution in [2.24, 2.45) is 0 Å². The minimum absolute atomic E-state index is 0.351. The molecule has 0 amide bonds. The van der Waals surface area contributed by atoms with Crippen molar-refractivity contribution in [3.8, 4) is 6.07 Å². The summed E-state index contributed by atoms with van der Waals surface area (Å²) in [6, 6.07) is 3.27.